The summed E-state index contributed by atoms with van der Waals surface area (Å²) in [4.78, 5) is 56.8. The van der Waals surface area contributed by atoms with E-state index >= 15 is 0 Å². The molecule has 32 heavy (non-hydrogen) atoms. The molecule has 0 aliphatic heterocycles. The van der Waals surface area contributed by atoms with Crippen LogP contribution in [-0.2, 0) is 19.2 Å². The highest BCUT2D eigenvalue weighted by molar-refractivity contribution is 7.99. The lowest BCUT2D eigenvalue weighted by atomic mass is 10.1. The summed E-state index contributed by atoms with van der Waals surface area (Å²) in [5, 5.41) is 40.3. The fourth-order valence-corrected chi connectivity index (χ4v) is 3.43. The van der Waals surface area contributed by atoms with Gasteiger partial charge in [-0.25, -0.2) is 4.63 Å². The van der Waals surface area contributed by atoms with Gasteiger partial charge in [0.1, 0.15) is 18.6 Å². The largest absolute Gasteiger partial charge is 0.480 e. The van der Waals surface area contributed by atoms with Crippen molar-refractivity contribution in [3.05, 3.63) is 22.2 Å². The Morgan fingerprint density at radius 2 is 1.91 bits per heavy atom. The smallest absolute Gasteiger partial charge is 0.322 e. The predicted octanol–water partition coefficient (Wildman–Crippen LogP) is -0.899. The number of rotatable bonds is 12. The number of aromatic nitrogens is 2. The lowest BCUT2D eigenvalue weighted by Crippen LogP contribution is -2.49. The number of aliphatic carboxylic acids is 2. The first-order chi connectivity index (χ1) is 15.1. The SMILES string of the molecule is N[C@@H](CCC(=O)N[C@@H](CSc1ccc([N+](=O)[O-])c2nonc12)C(=O)NCC(=O)O)C(=O)O. The molecular weight excluding hydrogens is 452 g/mol. The zero-order chi connectivity index (χ0) is 23.8. The minimum absolute atomic E-state index is 0.0765. The fourth-order valence-electron chi connectivity index (χ4n) is 2.41. The summed E-state index contributed by atoms with van der Waals surface area (Å²) in [6.07, 6.45) is -0.457. The van der Waals surface area contributed by atoms with E-state index in [0.29, 0.717) is 4.90 Å². The lowest BCUT2D eigenvalue weighted by Gasteiger charge is -2.18. The first kappa shape index (κ1) is 24.5. The summed E-state index contributed by atoms with van der Waals surface area (Å²) in [5.74, 6) is -4.16. The van der Waals surface area contributed by atoms with Gasteiger partial charge in [-0.3, -0.25) is 29.3 Å². The van der Waals surface area contributed by atoms with Gasteiger partial charge >= 0.3 is 17.6 Å². The topological polar surface area (TPSA) is 241 Å². The van der Waals surface area contributed by atoms with Crippen molar-refractivity contribution in [3.63, 3.8) is 0 Å². The van der Waals surface area contributed by atoms with Crippen molar-refractivity contribution in [3.8, 4) is 0 Å². The molecule has 2 amide bonds. The molecule has 0 spiro atoms. The molecule has 0 saturated heterocycles. The zero-order valence-corrected chi connectivity index (χ0v) is 17.0. The van der Waals surface area contributed by atoms with Crippen molar-refractivity contribution in [2.75, 3.05) is 12.3 Å². The molecule has 16 heteroatoms. The van der Waals surface area contributed by atoms with E-state index in [1.54, 1.807) is 0 Å². The number of benzene rings is 1. The number of carboxylic acid groups (broad SMARTS) is 2. The van der Waals surface area contributed by atoms with Crippen LogP contribution in [-0.4, -0.2) is 73.6 Å². The Kier molecular flexibility index (Phi) is 8.42. The second kappa shape index (κ2) is 11.0. The third-order valence-electron chi connectivity index (χ3n) is 4.02. The van der Waals surface area contributed by atoms with Crippen LogP contribution in [0, 0.1) is 10.1 Å². The van der Waals surface area contributed by atoms with Crippen molar-refractivity contribution in [1.82, 2.24) is 20.9 Å². The molecule has 0 bridgehead atoms. The summed E-state index contributed by atoms with van der Waals surface area (Å²) < 4.78 is 4.56. The van der Waals surface area contributed by atoms with Crippen molar-refractivity contribution in [1.29, 1.82) is 0 Å². The van der Waals surface area contributed by atoms with Gasteiger partial charge in [0.05, 0.1) is 4.92 Å². The summed E-state index contributed by atoms with van der Waals surface area (Å²) in [6, 6.07) is 0.0793. The average Bonchev–Trinajstić information content (AvgIpc) is 3.22. The minimum Gasteiger partial charge on any atom is -0.480 e. The number of carbonyl (C=O) groups is 4. The number of hydrogen-bond acceptors (Lipinski definition) is 11. The molecule has 0 radical (unpaired) electrons. The van der Waals surface area contributed by atoms with Crippen molar-refractivity contribution in [2.24, 2.45) is 5.73 Å². The number of carbonyl (C=O) groups excluding carboxylic acids is 2. The molecule has 2 aromatic rings. The number of carboxylic acids is 2. The highest BCUT2D eigenvalue weighted by Crippen LogP contribution is 2.31. The van der Waals surface area contributed by atoms with E-state index in [2.05, 4.69) is 25.6 Å². The van der Waals surface area contributed by atoms with Gasteiger partial charge < -0.3 is 26.6 Å². The number of nitro benzene ring substituents is 1. The number of amides is 2. The highest BCUT2D eigenvalue weighted by Gasteiger charge is 2.25. The molecule has 2 rings (SSSR count). The fraction of sp³-hybridized carbons (Fsp3) is 0.375. The number of nitrogens with one attached hydrogen (secondary N) is 2. The van der Waals surface area contributed by atoms with Gasteiger partial charge in [0.15, 0.2) is 5.52 Å². The van der Waals surface area contributed by atoms with E-state index in [4.69, 9.17) is 15.9 Å². The normalized spacial score (nSPS) is 12.7. The van der Waals surface area contributed by atoms with Gasteiger partial charge in [-0.2, -0.15) is 0 Å². The van der Waals surface area contributed by atoms with E-state index in [9.17, 15) is 29.3 Å². The van der Waals surface area contributed by atoms with Crippen LogP contribution in [0.3, 0.4) is 0 Å². The average molecular weight is 470 g/mol. The number of nitrogens with two attached hydrogens (primary N) is 1. The van der Waals surface area contributed by atoms with Gasteiger partial charge in [0.25, 0.3) is 0 Å². The molecule has 6 N–H and O–H groups in total. The van der Waals surface area contributed by atoms with Crippen LogP contribution in [0.25, 0.3) is 11.0 Å². The molecule has 172 valence electrons. The van der Waals surface area contributed by atoms with Crippen LogP contribution >= 0.6 is 11.8 Å². The Morgan fingerprint density at radius 3 is 2.53 bits per heavy atom. The Morgan fingerprint density at radius 1 is 1.22 bits per heavy atom. The minimum atomic E-state index is -1.30. The van der Waals surface area contributed by atoms with E-state index in [1.165, 1.54) is 12.1 Å². The molecule has 2 atom stereocenters. The van der Waals surface area contributed by atoms with Crippen LogP contribution in [0.5, 0.6) is 0 Å². The van der Waals surface area contributed by atoms with Crippen molar-refractivity contribution < 1.29 is 38.9 Å². The van der Waals surface area contributed by atoms with Crippen molar-refractivity contribution >= 4 is 52.2 Å². The molecule has 0 fully saturated rings. The number of thioether (sulfide) groups is 1. The lowest BCUT2D eigenvalue weighted by molar-refractivity contribution is -0.383. The molecule has 1 heterocycles. The van der Waals surface area contributed by atoms with Crippen LogP contribution in [0.1, 0.15) is 12.8 Å². The molecule has 0 aliphatic carbocycles. The number of non-ortho nitro benzene ring substituents is 1. The van der Waals surface area contributed by atoms with Crippen LogP contribution < -0.4 is 16.4 Å². The zero-order valence-electron chi connectivity index (χ0n) is 16.2. The first-order valence-corrected chi connectivity index (χ1v) is 9.88. The Bertz CT molecular complexity index is 1040. The second-order valence-corrected chi connectivity index (χ2v) is 7.39. The van der Waals surface area contributed by atoms with Gasteiger partial charge in [0.2, 0.25) is 17.3 Å². The van der Waals surface area contributed by atoms with Gasteiger partial charge in [-0.05, 0) is 22.8 Å². The summed E-state index contributed by atoms with van der Waals surface area (Å²) in [7, 11) is 0. The molecule has 0 aliphatic rings. The third kappa shape index (κ3) is 6.61. The van der Waals surface area contributed by atoms with Crippen LogP contribution in [0.2, 0.25) is 0 Å². The number of hydrogen-bond donors (Lipinski definition) is 5. The Balaban J connectivity index is 2.12. The van der Waals surface area contributed by atoms with Gasteiger partial charge in [0, 0.05) is 23.1 Å². The summed E-state index contributed by atoms with van der Waals surface area (Å²) >= 11 is 0.990. The molecular formula is C16H18N6O9S. The summed E-state index contributed by atoms with van der Waals surface area (Å²) in [5.41, 5.74) is 5.00. The molecule has 1 aromatic heterocycles. The quantitative estimate of drug-likeness (QED) is 0.144. The van der Waals surface area contributed by atoms with Crippen molar-refractivity contribution in [2.45, 2.75) is 29.8 Å². The molecule has 15 nitrogen and oxygen atoms in total. The maximum Gasteiger partial charge on any atom is 0.322 e. The molecule has 0 unspecified atom stereocenters. The maximum absolute atomic E-state index is 12.4. The Hall–Kier alpha value is -3.79. The van der Waals surface area contributed by atoms with Gasteiger partial charge in [-0.1, -0.05) is 0 Å². The van der Waals surface area contributed by atoms with E-state index in [-0.39, 0.29) is 35.3 Å². The number of fused-ring (bicyclic) bond motifs is 1. The molecule has 0 saturated carbocycles. The number of nitrogens with zero attached hydrogens (tertiary/aromatic N) is 3. The Labute approximate surface area is 182 Å². The van der Waals surface area contributed by atoms with Gasteiger partial charge in [-0.15, -0.1) is 11.8 Å². The van der Waals surface area contributed by atoms with Crippen LogP contribution in [0.4, 0.5) is 5.69 Å². The maximum atomic E-state index is 12.4. The predicted molar refractivity (Wildman–Crippen MR) is 107 cm³/mol. The third-order valence-corrected chi connectivity index (χ3v) is 5.16. The second-order valence-electron chi connectivity index (χ2n) is 6.33. The standard InChI is InChI=1S/C16H18N6O9S/c17-7(16(27)28)1-4-11(23)19-8(15(26)18-5-12(24)25)6-32-10-3-2-9(22(29)30)13-14(10)21-31-20-13/h2-3,7-8H,1,4-6,17H2,(H,18,26)(H,19,23)(H,24,25)(H,27,28)/t7-,8-/m0/s1. The van der Waals surface area contributed by atoms with E-state index in [1.807, 2.05) is 0 Å². The van der Waals surface area contributed by atoms with Crippen LogP contribution in [0.15, 0.2) is 21.7 Å². The van der Waals surface area contributed by atoms with E-state index < -0.39 is 47.3 Å². The monoisotopic (exact) mass is 470 g/mol. The highest BCUT2D eigenvalue weighted by atomic mass is 32.2. The van der Waals surface area contributed by atoms with E-state index in [0.717, 1.165) is 11.8 Å². The molecule has 1 aromatic carbocycles. The number of nitro groups is 1. The first-order valence-electron chi connectivity index (χ1n) is 8.89. The summed E-state index contributed by atoms with van der Waals surface area (Å²) in [6.45, 7) is -0.686.